The number of hydrogen-bond acceptors (Lipinski definition) is 3. The van der Waals surface area contributed by atoms with Gasteiger partial charge in [-0.1, -0.05) is 15.9 Å². The maximum atomic E-state index is 13.5. The Hall–Kier alpha value is -1.33. The minimum absolute atomic E-state index is 0.206. The highest BCUT2D eigenvalue weighted by atomic mass is 79.9. The van der Waals surface area contributed by atoms with Gasteiger partial charge in [0.25, 0.3) is 0 Å². The maximum Gasteiger partial charge on any atom is 0.166 e. The van der Waals surface area contributed by atoms with Crippen LogP contribution in [0.5, 0.6) is 5.75 Å². The smallest absolute Gasteiger partial charge is 0.166 e. The van der Waals surface area contributed by atoms with E-state index in [1.807, 2.05) is 0 Å². The molecule has 2 N–H and O–H groups in total. The number of hydrogen-bond donors (Lipinski definition) is 1. The summed E-state index contributed by atoms with van der Waals surface area (Å²) >= 11 is 3.18. The van der Waals surface area contributed by atoms with Gasteiger partial charge in [-0.3, -0.25) is 0 Å². The molecular weight excluding hydrogens is 289 g/mol. The van der Waals surface area contributed by atoms with Gasteiger partial charge in [-0.15, -0.1) is 0 Å². The van der Waals surface area contributed by atoms with E-state index in [0.717, 1.165) is 5.56 Å². The van der Waals surface area contributed by atoms with Crippen LogP contribution in [0.25, 0.3) is 0 Å². The second-order valence-electron chi connectivity index (χ2n) is 3.44. The summed E-state index contributed by atoms with van der Waals surface area (Å²) in [6, 6.07) is 6.41. The van der Waals surface area contributed by atoms with Gasteiger partial charge in [0, 0.05) is 10.0 Å². The van der Waals surface area contributed by atoms with Crippen LogP contribution < -0.4 is 10.5 Å². The third kappa shape index (κ3) is 2.87. The highest BCUT2D eigenvalue weighted by molar-refractivity contribution is 9.10. The van der Waals surface area contributed by atoms with Crippen molar-refractivity contribution in [1.29, 1.82) is 0 Å². The number of benzene rings is 1. The first-order chi connectivity index (χ1) is 8.20. The summed E-state index contributed by atoms with van der Waals surface area (Å²) in [5.74, 6) is 0.456. The number of ether oxygens (including phenoxy) is 1. The van der Waals surface area contributed by atoms with Crippen molar-refractivity contribution in [1.82, 2.24) is 0 Å². The zero-order valence-corrected chi connectivity index (χ0v) is 10.5. The van der Waals surface area contributed by atoms with E-state index in [0.29, 0.717) is 16.8 Å². The molecule has 0 fully saturated rings. The topological polar surface area (TPSA) is 48.4 Å². The van der Waals surface area contributed by atoms with Crippen LogP contribution in [0.15, 0.2) is 39.4 Å². The summed E-state index contributed by atoms with van der Waals surface area (Å²) in [4.78, 5) is 0. The van der Waals surface area contributed by atoms with Gasteiger partial charge in [0.2, 0.25) is 0 Å². The fourth-order valence-electron chi connectivity index (χ4n) is 1.42. The molecule has 0 saturated carbocycles. The molecule has 1 aromatic carbocycles. The van der Waals surface area contributed by atoms with Gasteiger partial charge in [-0.05, 0) is 24.3 Å². The Balaban J connectivity index is 2.07. The normalized spacial score (nSPS) is 10.5. The molecule has 0 radical (unpaired) electrons. The van der Waals surface area contributed by atoms with Crippen molar-refractivity contribution in [3.8, 4) is 5.75 Å². The summed E-state index contributed by atoms with van der Waals surface area (Å²) in [6.45, 7) is 0.538. The molecule has 2 rings (SSSR count). The Morgan fingerprint density at radius 3 is 2.88 bits per heavy atom. The van der Waals surface area contributed by atoms with Crippen LogP contribution in [0.1, 0.15) is 11.3 Å². The first-order valence-corrected chi connectivity index (χ1v) is 5.83. The molecule has 0 aliphatic carbocycles. The van der Waals surface area contributed by atoms with E-state index < -0.39 is 5.82 Å². The second-order valence-corrected chi connectivity index (χ2v) is 4.35. The molecule has 0 aliphatic heterocycles. The number of nitrogens with two attached hydrogens (primary N) is 1. The van der Waals surface area contributed by atoms with Gasteiger partial charge in [-0.25, -0.2) is 4.39 Å². The first kappa shape index (κ1) is 12.1. The Morgan fingerprint density at radius 1 is 1.35 bits per heavy atom. The zero-order chi connectivity index (χ0) is 12.3. The Kier molecular flexibility index (Phi) is 3.81. The molecule has 0 aliphatic rings. The Bertz CT molecular complexity index is 513. The molecule has 0 saturated heterocycles. The number of rotatable bonds is 4. The molecule has 0 atom stereocenters. The molecular formula is C12H11BrFNO2. The van der Waals surface area contributed by atoms with E-state index in [-0.39, 0.29) is 12.4 Å². The van der Waals surface area contributed by atoms with E-state index in [4.69, 9.17) is 14.9 Å². The maximum absolute atomic E-state index is 13.5. The van der Waals surface area contributed by atoms with E-state index in [9.17, 15) is 4.39 Å². The third-order valence-corrected chi connectivity index (χ3v) is 2.79. The van der Waals surface area contributed by atoms with Crippen LogP contribution in [0.4, 0.5) is 4.39 Å². The largest absolute Gasteiger partial charge is 0.486 e. The van der Waals surface area contributed by atoms with E-state index in [1.54, 1.807) is 24.5 Å². The summed E-state index contributed by atoms with van der Waals surface area (Å²) in [6.07, 6.45) is 1.54. The van der Waals surface area contributed by atoms with Crippen molar-refractivity contribution in [3.63, 3.8) is 0 Å². The van der Waals surface area contributed by atoms with Crippen molar-refractivity contribution < 1.29 is 13.5 Å². The lowest BCUT2D eigenvalue weighted by Crippen LogP contribution is -2.02. The molecule has 2 aromatic rings. The molecule has 1 heterocycles. The predicted molar refractivity (Wildman–Crippen MR) is 65.0 cm³/mol. The monoisotopic (exact) mass is 299 g/mol. The van der Waals surface area contributed by atoms with Crippen LogP contribution in [0.2, 0.25) is 0 Å². The van der Waals surface area contributed by atoms with Crippen molar-refractivity contribution in [3.05, 3.63) is 52.1 Å². The molecule has 5 heteroatoms. The molecule has 0 unspecified atom stereocenters. The van der Waals surface area contributed by atoms with Gasteiger partial charge in [0.1, 0.15) is 12.4 Å². The predicted octanol–water partition coefficient (Wildman–Crippen LogP) is 3.22. The average Bonchev–Trinajstić information content (AvgIpc) is 2.75. The molecule has 90 valence electrons. The highest BCUT2D eigenvalue weighted by Crippen LogP contribution is 2.23. The minimum atomic E-state index is -0.405. The standard InChI is InChI=1S/C12H11BrFNO2/c13-9-1-2-11(10(14)5-9)17-7-8-3-4-16-12(8)6-15/h1-5H,6-7,15H2. The Morgan fingerprint density at radius 2 is 2.18 bits per heavy atom. The zero-order valence-electron chi connectivity index (χ0n) is 8.95. The summed E-state index contributed by atoms with van der Waals surface area (Å²) < 4.78 is 24.6. The molecule has 0 bridgehead atoms. The average molecular weight is 300 g/mol. The van der Waals surface area contributed by atoms with Gasteiger partial charge < -0.3 is 14.9 Å². The van der Waals surface area contributed by atoms with Gasteiger partial charge in [-0.2, -0.15) is 0 Å². The quantitative estimate of drug-likeness (QED) is 0.943. The van der Waals surface area contributed by atoms with Crippen molar-refractivity contribution in [2.75, 3.05) is 0 Å². The van der Waals surface area contributed by atoms with E-state index in [1.165, 1.54) is 6.07 Å². The van der Waals surface area contributed by atoms with Crippen LogP contribution >= 0.6 is 15.9 Å². The SMILES string of the molecule is NCc1occc1COc1ccc(Br)cc1F. The van der Waals surface area contributed by atoms with Crippen molar-refractivity contribution >= 4 is 15.9 Å². The third-order valence-electron chi connectivity index (χ3n) is 2.30. The lowest BCUT2D eigenvalue weighted by atomic mass is 10.2. The summed E-state index contributed by atoms with van der Waals surface area (Å²) in [7, 11) is 0. The molecule has 0 spiro atoms. The minimum Gasteiger partial charge on any atom is -0.486 e. The van der Waals surface area contributed by atoms with Crippen molar-refractivity contribution in [2.24, 2.45) is 5.73 Å². The van der Waals surface area contributed by atoms with E-state index in [2.05, 4.69) is 15.9 Å². The molecule has 1 aromatic heterocycles. The summed E-state index contributed by atoms with van der Waals surface area (Å²) in [5, 5.41) is 0. The van der Waals surface area contributed by atoms with Crippen LogP contribution in [-0.2, 0) is 13.2 Å². The first-order valence-electron chi connectivity index (χ1n) is 5.04. The van der Waals surface area contributed by atoms with Gasteiger partial charge in [0.15, 0.2) is 11.6 Å². The van der Waals surface area contributed by atoms with Gasteiger partial charge >= 0.3 is 0 Å². The fourth-order valence-corrected chi connectivity index (χ4v) is 1.76. The van der Waals surface area contributed by atoms with Gasteiger partial charge in [0.05, 0.1) is 12.8 Å². The molecule has 3 nitrogen and oxygen atoms in total. The van der Waals surface area contributed by atoms with Crippen LogP contribution in [0, 0.1) is 5.82 Å². The lowest BCUT2D eigenvalue weighted by molar-refractivity contribution is 0.287. The fraction of sp³-hybridized carbons (Fsp3) is 0.167. The Labute approximate surface area is 106 Å². The molecule has 0 amide bonds. The number of halogens is 2. The second kappa shape index (κ2) is 5.33. The van der Waals surface area contributed by atoms with E-state index >= 15 is 0 Å². The molecule has 17 heavy (non-hydrogen) atoms. The number of furan rings is 1. The highest BCUT2D eigenvalue weighted by Gasteiger charge is 2.08. The lowest BCUT2D eigenvalue weighted by Gasteiger charge is -2.07. The summed E-state index contributed by atoms with van der Waals surface area (Å²) in [5.41, 5.74) is 6.31. The van der Waals surface area contributed by atoms with Crippen LogP contribution in [0.3, 0.4) is 0 Å². The van der Waals surface area contributed by atoms with Crippen LogP contribution in [-0.4, -0.2) is 0 Å². The van der Waals surface area contributed by atoms with Crippen molar-refractivity contribution in [2.45, 2.75) is 13.2 Å².